The van der Waals surface area contributed by atoms with Gasteiger partial charge >= 0.3 is 0 Å². The van der Waals surface area contributed by atoms with E-state index in [2.05, 4.69) is 36.1 Å². The first-order valence-electron chi connectivity index (χ1n) is 9.67. The molecule has 1 aromatic carbocycles. The van der Waals surface area contributed by atoms with Crippen molar-refractivity contribution in [3.8, 4) is 11.4 Å². The number of nitrogens with one attached hydrogen (secondary N) is 1. The first kappa shape index (κ1) is 19.9. The van der Waals surface area contributed by atoms with Gasteiger partial charge in [-0.25, -0.2) is 9.97 Å². The zero-order valence-electron chi connectivity index (χ0n) is 16.2. The van der Waals surface area contributed by atoms with Gasteiger partial charge in [-0.15, -0.1) is 0 Å². The van der Waals surface area contributed by atoms with E-state index in [1.165, 1.54) is 0 Å². The van der Waals surface area contributed by atoms with Gasteiger partial charge < -0.3 is 10.2 Å². The summed E-state index contributed by atoms with van der Waals surface area (Å²) >= 11 is 0. The van der Waals surface area contributed by atoms with Gasteiger partial charge in [0, 0.05) is 31.3 Å². The number of benzene rings is 1. The highest BCUT2D eigenvalue weighted by atomic mass is 16.2. The highest BCUT2D eigenvalue weighted by molar-refractivity contribution is 5.93. The Balaban J connectivity index is 2.36. The van der Waals surface area contributed by atoms with Crippen LogP contribution in [-0.2, 0) is 0 Å². The number of anilines is 1. The Labute approximate surface area is 156 Å². The molecule has 140 valence electrons. The molecular formula is C21H30N4O. The molecule has 0 bridgehead atoms. The largest absolute Gasteiger partial charge is 0.370 e. The summed E-state index contributed by atoms with van der Waals surface area (Å²) in [5.74, 6) is 1.28. The third-order valence-electron chi connectivity index (χ3n) is 4.09. The number of hydrogen-bond acceptors (Lipinski definition) is 4. The second kappa shape index (κ2) is 10.5. The maximum Gasteiger partial charge on any atom is 0.272 e. The Bertz CT molecular complexity index is 682. The molecule has 0 radical (unpaired) electrons. The predicted molar refractivity (Wildman–Crippen MR) is 107 cm³/mol. The Morgan fingerprint density at radius 2 is 1.69 bits per heavy atom. The average Bonchev–Trinajstić information content (AvgIpc) is 2.68. The van der Waals surface area contributed by atoms with Crippen molar-refractivity contribution in [1.82, 2.24) is 14.9 Å². The van der Waals surface area contributed by atoms with E-state index >= 15 is 0 Å². The molecule has 26 heavy (non-hydrogen) atoms. The molecule has 0 aliphatic carbocycles. The fourth-order valence-corrected chi connectivity index (χ4v) is 2.77. The van der Waals surface area contributed by atoms with Crippen molar-refractivity contribution >= 4 is 11.7 Å². The van der Waals surface area contributed by atoms with Crippen molar-refractivity contribution in [2.45, 2.75) is 46.5 Å². The van der Waals surface area contributed by atoms with Crippen LogP contribution in [0.2, 0.25) is 0 Å². The number of hydrogen-bond donors (Lipinski definition) is 1. The number of carbonyl (C=O) groups excluding carboxylic acids is 1. The van der Waals surface area contributed by atoms with E-state index in [1.54, 1.807) is 6.07 Å². The minimum atomic E-state index is -0.0215. The third-order valence-corrected chi connectivity index (χ3v) is 4.09. The fourth-order valence-electron chi connectivity index (χ4n) is 2.77. The van der Waals surface area contributed by atoms with Gasteiger partial charge in [0.1, 0.15) is 11.5 Å². The smallest absolute Gasteiger partial charge is 0.272 e. The topological polar surface area (TPSA) is 58.1 Å². The molecule has 1 amide bonds. The van der Waals surface area contributed by atoms with E-state index in [0.29, 0.717) is 17.3 Å². The van der Waals surface area contributed by atoms with Crippen LogP contribution in [0.25, 0.3) is 11.4 Å². The summed E-state index contributed by atoms with van der Waals surface area (Å²) in [7, 11) is 0. The van der Waals surface area contributed by atoms with Crippen LogP contribution >= 0.6 is 0 Å². The van der Waals surface area contributed by atoms with Crippen molar-refractivity contribution in [2.75, 3.05) is 25.0 Å². The molecule has 2 aromatic rings. The maximum absolute atomic E-state index is 13.0. The number of carbonyl (C=O) groups is 1. The van der Waals surface area contributed by atoms with Crippen LogP contribution in [0.15, 0.2) is 36.4 Å². The SMILES string of the molecule is CCCCNc1cc(C(=O)N(CCC)CCC)nc(-c2ccccc2)n1. The van der Waals surface area contributed by atoms with Crippen molar-refractivity contribution in [1.29, 1.82) is 0 Å². The lowest BCUT2D eigenvalue weighted by Crippen LogP contribution is -2.33. The molecule has 0 atom stereocenters. The zero-order chi connectivity index (χ0) is 18.8. The van der Waals surface area contributed by atoms with Gasteiger partial charge in [-0.2, -0.15) is 0 Å². The Hall–Kier alpha value is -2.43. The van der Waals surface area contributed by atoms with Crippen molar-refractivity contribution in [2.24, 2.45) is 0 Å². The molecule has 5 nitrogen and oxygen atoms in total. The van der Waals surface area contributed by atoms with Gasteiger partial charge in [0.05, 0.1) is 0 Å². The summed E-state index contributed by atoms with van der Waals surface area (Å²) in [5, 5.41) is 3.33. The third kappa shape index (κ3) is 5.55. The van der Waals surface area contributed by atoms with Crippen LogP contribution in [0.3, 0.4) is 0 Å². The van der Waals surface area contributed by atoms with Crippen LogP contribution in [-0.4, -0.2) is 40.4 Å². The zero-order valence-corrected chi connectivity index (χ0v) is 16.2. The summed E-state index contributed by atoms with van der Waals surface area (Å²) < 4.78 is 0. The second-order valence-corrected chi connectivity index (χ2v) is 6.40. The maximum atomic E-state index is 13.0. The van der Waals surface area contributed by atoms with E-state index < -0.39 is 0 Å². The quantitative estimate of drug-likeness (QED) is 0.633. The number of nitrogens with zero attached hydrogens (tertiary/aromatic N) is 3. The van der Waals surface area contributed by atoms with Crippen LogP contribution in [0.1, 0.15) is 56.9 Å². The fraction of sp³-hybridized carbons (Fsp3) is 0.476. The van der Waals surface area contributed by atoms with E-state index in [1.807, 2.05) is 35.2 Å². The van der Waals surface area contributed by atoms with E-state index in [0.717, 1.165) is 50.9 Å². The molecule has 0 saturated carbocycles. The van der Waals surface area contributed by atoms with Gasteiger partial charge in [0.2, 0.25) is 0 Å². The minimum absolute atomic E-state index is 0.0215. The Kier molecular flexibility index (Phi) is 8.06. The number of rotatable bonds is 10. The molecular weight excluding hydrogens is 324 g/mol. The number of aromatic nitrogens is 2. The molecule has 0 aliphatic rings. The number of amides is 1. The van der Waals surface area contributed by atoms with E-state index in [9.17, 15) is 4.79 Å². The summed E-state index contributed by atoms with van der Waals surface area (Å²) in [6, 6.07) is 11.6. The van der Waals surface area contributed by atoms with Crippen molar-refractivity contribution in [3.05, 3.63) is 42.1 Å². The lowest BCUT2D eigenvalue weighted by molar-refractivity contribution is 0.0749. The molecule has 1 heterocycles. The lowest BCUT2D eigenvalue weighted by atomic mass is 10.2. The molecule has 1 N–H and O–H groups in total. The molecule has 0 spiro atoms. The molecule has 2 rings (SSSR count). The minimum Gasteiger partial charge on any atom is -0.370 e. The normalized spacial score (nSPS) is 10.6. The molecule has 5 heteroatoms. The van der Waals surface area contributed by atoms with Gasteiger partial charge in [-0.05, 0) is 19.3 Å². The van der Waals surface area contributed by atoms with Crippen LogP contribution in [0.4, 0.5) is 5.82 Å². The molecule has 0 aliphatic heterocycles. The number of unbranched alkanes of at least 4 members (excludes halogenated alkanes) is 1. The van der Waals surface area contributed by atoms with Crippen LogP contribution in [0.5, 0.6) is 0 Å². The summed E-state index contributed by atoms with van der Waals surface area (Å²) in [6.07, 6.45) is 4.04. The van der Waals surface area contributed by atoms with Crippen molar-refractivity contribution in [3.63, 3.8) is 0 Å². The molecule has 0 saturated heterocycles. The first-order chi connectivity index (χ1) is 12.7. The molecule has 0 unspecified atom stereocenters. The predicted octanol–water partition coefficient (Wildman–Crippen LogP) is 4.62. The first-order valence-corrected chi connectivity index (χ1v) is 9.67. The highest BCUT2D eigenvalue weighted by Crippen LogP contribution is 2.19. The van der Waals surface area contributed by atoms with Gasteiger partial charge in [-0.3, -0.25) is 4.79 Å². The Morgan fingerprint density at radius 3 is 2.31 bits per heavy atom. The summed E-state index contributed by atoms with van der Waals surface area (Å²) in [6.45, 7) is 8.65. The van der Waals surface area contributed by atoms with E-state index in [-0.39, 0.29) is 5.91 Å². The van der Waals surface area contributed by atoms with Gasteiger partial charge in [0.25, 0.3) is 5.91 Å². The van der Waals surface area contributed by atoms with E-state index in [4.69, 9.17) is 0 Å². The second-order valence-electron chi connectivity index (χ2n) is 6.40. The Morgan fingerprint density at radius 1 is 1.00 bits per heavy atom. The average molecular weight is 354 g/mol. The van der Waals surface area contributed by atoms with Gasteiger partial charge in [-0.1, -0.05) is 57.5 Å². The van der Waals surface area contributed by atoms with Crippen LogP contribution < -0.4 is 5.32 Å². The summed E-state index contributed by atoms with van der Waals surface area (Å²) in [5.41, 5.74) is 1.37. The standard InChI is InChI=1S/C21H30N4O/c1-4-7-13-22-19-16-18(21(26)25(14-5-2)15-6-3)23-20(24-19)17-11-9-8-10-12-17/h8-12,16H,4-7,13-15H2,1-3H3,(H,22,23,24). The summed E-state index contributed by atoms with van der Waals surface area (Å²) in [4.78, 5) is 24.1. The van der Waals surface area contributed by atoms with Crippen LogP contribution in [0, 0.1) is 0 Å². The lowest BCUT2D eigenvalue weighted by Gasteiger charge is -2.21. The molecule has 0 fully saturated rings. The highest BCUT2D eigenvalue weighted by Gasteiger charge is 2.18. The molecule has 1 aromatic heterocycles. The van der Waals surface area contributed by atoms with Gasteiger partial charge in [0.15, 0.2) is 5.82 Å². The van der Waals surface area contributed by atoms with Crippen molar-refractivity contribution < 1.29 is 4.79 Å². The monoisotopic (exact) mass is 354 g/mol.